The summed E-state index contributed by atoms with van der Waals surface area (Å²) in [4.78, 5) is 2.58. The molecule has 0 aliphatic heterocycles. The predicted molar refractivity (Wildman–Crippen MR) is 87.0 cm³/mol. The van der Waals surface area contributed by atoms with Crippen LogP contribution in [0.4, 0.5) is 0 Å². The van der Waals surface area contributed by atoms with Crippen LogP contribution in [0.5, 0.6) is 0 Å². The van der Waals surface area contributed by atoms with E-state index in [1.807, 2.05) is 0 Å². The first kappa shape index (κ1) is 17.9. The highest BCUT2D eigenvalue weighted by molar-refractivity contribution is 4.94. The zero-order chi connectivity index (χ0) is 15.2. The van der Waals surface area contributed by atoms with Gasteiger partial charge in [-0.15, -0.1) is 0 Å². The Kier molecular flexibility index (Phi) is 7.49. The van der Waals surface area contributed by atoms with Crippen LogP contribution in [0.1, 0.15) is 66.7 Å². The van der Waals surface area contributed by atoms with E-state index in [4.69, 9.17) is 0 Å². The SMILES string of the molecule is CCC(CC)CN(CC)C(C)CC(C)(CO)NC1CC1. The number of hydrogen-bond acceptors (Lipinski definition) is 3. The molecule has 2 atom stereocenters. The first-order chi connectivity index (χ1) is 9.47. The molecule has 3 heteroatoms. The van der Waals surface area contributed by atoms with Crippen molar-refractivity contribution < 1.29 is 5.11 Å². The molecule has 0 aromatic carbocycles. The summed E-state index contributed by atoms with van der Waals surface area (Å²) in [6, 6.07) is 1.16. The van der Waals surface area contributed by atoms with Gasteiger partial charge >= 0.3 is 0 Å². The van der Waals surface area contributed by atoms with E-state index in [-0.39, 0.29) is 12.1 Å². The molecule has 0 amide bonds. The minimum atomic E-state index is -0.123. The Balaban J connectivity index is 2.52. The van der Waals surface area contributed by atoms with Gasteiger partial charge < -0.3 is 15.3 Å². The van der Waals surface area contributed by atoms with Gasteiger partial charge in [-0.1, -0.05) is 33.6 Å². The van der Waals surface area contributed by atoms with Gasteiger partial charge in [0.15, 0.2) is 0 Å². The summed E-state index contributed by atoms with van der Waals surface area (Å²) in [6.07, 6.45) is 6.09. The lowest BCUT2D eigenvalue weighted by Gasteiger charge is -2.38. The summed E-state index contributed by atoms with van der Waals surface area (Å²) in [7, 11) is 0. The number of nitrogens with one attached hydrogen (secondary N) is 1. The van der Waals surface area contributed by atoms with E-state index in [1.54, 1.807) is 0 Å². The van der Waals surface area contributed by atoms with Crippen molar-refractivity contribution in [1.29, 1.82) is 0 Å². The first-order valence-corrected chi connectivity index (χ1v) is 8.60. The van der Waals surface area contributed by atoms with Crippen molar-refractivity contribution in [3.63, 3.8) is 0 Å². The molecule has 3 nitrogen and oxygen atoms in total. The van der Waals surface area contributed by atoms with Gasteiger partial charge in [-0.05, 0) is 45.6 Å². The fraction of sp³-hybridized carbons (Fsp3) is 1.00. The van der Waals surface area contributed by atoms with E-state index >= 15 is 0 Å². The van der Waals surface area contributed by atoms with Crippen LogP contribution in [0.3, 0.4) is 0 Å². The molecule has 0 aromatic rings. The molecular formula is C17H36N2O. The van der Waals surface area contributed by atoms with Gasteiger partial charge in [-0.25, -0.2) is 0 Å². The molecule has 120 valence electrons. The van der Waals surface area contributed by atoms with Crippen LogP contribution in [0.25, 0.3) is 0 Å². The third-order valence-electron chi connectivity index (χ3n) is 4.90. The van der Waals surface area contributed by atoms with E-state index in [1.165, 1.54) is 32.2 Å². The number of nitrogens with zero attached hydrogens (tertiary/aromatic N) is 1. The monoisotopic (exact) mass is 284 g/mol. The lowest BCUT2D eigenvalue weighted by molar-refractivity contribution is 0.105. The maximum absolute atomic E-state index is 9.76. The normalized spacial score (nSPS) is 20.4. The molecule has 0 saturated heterocycles. The van der Waals surface area contributed by atoms with Crippen LogP contribution in [-0.4, -0.2) is 47.3 Å². The van der Waals surface area contributed by atoms with E-state index in [0.717, 1.165) is 18.9 Å². The maximum atomic E-state index is 9.76. The molecule has 20 heavy (non-hydrogen) atoms. The zero-order valence-electron chi connectivity index (χ0n) is 14.3. The van der Waals surface area contributed by atoms with E-state index in [0.29, 0.717) is 12.1 Å². The molecule has 2 N–H and O–H groups in total. The van der Waals surface area contributed by atoms with E-state index < -0.39 is 0 Å². The van der Waals surface area contributed by atoms with Crippen LogP contribution in [-0.2, 0) is 0 Å². The Morgan fingerprint density at radius 3 is 2.25 bits per heavy atom. The maximum Gasteiger partial charge on any atom is 0.0611 e. The molecule has 1 aliphatic carbocycles. The van der Waals surface area contributed by atoms with Gasteiger partial charge in [-0.2, -0.15) is 0 Å². The van der Waals surface area contributed by atoms with Crippen molar-refractivity contribution in [2.45, 2.75) is 84.3 Å². The Morgan fingerprint density at radius 1 is 1.25 bits per heavy atom. The fourth-order valence-electron chi connectivity index (χ4n) is 3.17. The first-order valence-electron chi connectivity index (χ1n) is 8.60. The van der Waals surface area contributed by atoms with E-state index in [2.05, 4.69) is 44.8 Å². The summed E-state index contributed by atoms with van der Waals surface area (Å²) in [5.41, 5.74) is -0.123. The highest BCUT2D eigenvalue weighted by Crippen LogP contribution is 2.26. The predicted octanol–water partition coefficient (Wildman–Crippen LogP) is 3.03. The second-order valence-electron chi connectivity index (χ2n) is 6.96. The number of aliphatic hydroxyl groups is 1. The second-order valence-corrected chi connectivity index (χ2v) is 6.96. The Morgan fingerprint density at radius 2 is 1.85 bits per heavy atom. The zero-order valence-corrected chi connectivity index (χ0v) is 14.3. The van der Waals surface area contributed by atoms with Crippen LogP contribution in [0.15, 0.2) is 0 Å². The van der Waals surface area contributed by atoms with Crippen molar-refractivity contribution in [2.24, 2.45) is 5.92 Å². The molecule has 0 radical (unpaired) electrons. The van der Waals surface area contributed by atoms with Gasteiger partial charge in [-0.3, -0.25) is 0 Å². The van der Waals surface area contributed by atoms with Crippen molar-refractivity contribution in [1.82, 2.24) is 10.2 Å². The highest BCUT2D eigenvalue weighted by Gasteiger charge is 2.34. The lowest BCUT2D eigenvalue weighted by Crippen LogP contribution is -2.52. The van der Waals surface area contributed by atoms with Crippen molar-refractivity contribution in [3.05, 3.63) is 0 Å². The molecule has 0 heterocycles. The van der Waals surface area contributed by atoms with Crippen molar-refractivity contribution >= 4 is 0 Å². The van der Waals surface area contributed by atoms with E-state index in [9.17, 15) is 5.11 Å². The summed E-state index contributed by atoms with van der Waals surface area (Å²) in [6.45, 7) is 13.8. The minimum absolute atomic E-state index is 0.123. The standard InChI is InChI=1S/C17H36N2O/c1-6-15(7-2)12-19(8-3)14(4)11-17(5,13-20)18-16-9-10-16/h14-16,18,20H,6-13H2,1-5H3. The van der Waals surface area contributed by atoms with Gasteiger partial charge in [0.1, 0.15) is 0 Å². The molecule has 1 fully saturated rings. The highest BCUT2D eigenvalue weighted by atomic mass is 16.3. The molecule has 2 unspecified atom stereocenters. The molecule has 0 bridgehead atoms. The Hall–Kier alpha value is -0.120. The van der Waals surface area contributed by atoms with Gasteiger partial charge in [0.2, 0.25) is 0 Å². The molecule has 1 aliphatic rings. The summed E-state index contributed by atoms with van der Waals surface area (Å²) in [5.74, 6) is 0.800. The quantitative estimate of drug-likeness (QED) is 0.612. The van der Waals surface area contributed by atoms with Crippen LogP contribution < -0.4 is 5.32 Å². The molecule has 1 rings (SSSR count). The smallest absolute Gasteiger partial charge is 0.0611 e. The summed E-state index contributed by atoms with van der Waals surface area (Å²) >= 11 is 0. The third kappa shape index (κ3) is 5.71. The Labute approximate surface area is 126 Å². The molecule has 1 saturated carbocycles. The minimum Gasteiger partial charge on any atom is -0.394 e. The Bertz CT molecular complexity index is 264. The largest absolute Gasteiger partial charge is 0.394 e. The van der Waals surface area contributed by atoms with Crippen LogP contribution >= 0.6 is 0 Å². The lowest BCUT2D eigenvalue weighted by atomic mass is 9.92. The third-order valence-corrected chi connectivity index (χ3v) is 4.90. The number of aliphatic hydroxyl groups excluding tert-OH is 1. The summed E-state index contributed by atoms with van der Waals surface area (Å²) < 4.78 is 0. The van der Waals surface area contributed by atoms with Crippen LogP contribution in [0.2, 0.25) is 0 Å². The number of hydrogen-bond donors (Lipinski definition) is 2. The van der Waals surface area contributed by atoms with Gasteiger partial charge in [0.05, 0.1) is 6.61 Å². The average Bonchev–Trinajstić information content (AvgIpc) is 3.23. The van der Waals surface area contributed by atoms with Gasteiger partial charge in [0.25, 0.3) is 0 Å². The van der Waals surface area contributed by atoms with Crippen LogP contribution in [0, 0.1) is 5.92 Å². The van der Waals surface area contributed by atoms with Crippen molar-refractivity contribution in [2.75, 3.05) is 19.7 Å². The number of rotatable bonds is 11. The van der Waals surface area contributed by atoms with Gasteiger partial charge in [0, 0.05) is 24.2 Å². The molecule has 0 spiro atoms. The fourth-order valence-corrected chi connectivity index (χ4v) is 3.17. The second kappa shape index (κ2) is 8.35. The molecular weight excluding hydrogens is 248 g/mol. The topological polar surface area (TPSA) is 35.5 Å². The average molecular weight is 284 g/mol. The summed E-state index contributed by atoms with van der Waals surface area (Å²) in [5, 5.41) is 13.4. The molecule has 0 aromatic heterocycles. The van der Waals surface area contributed by atoms with Crippen molar-refractivity contribution in [3.8, 4) is 0 Å².